The third-order valence-electron chi connectivity index (χ3n) is 4.83. The molecule has 0 aromatic heterocycles. The van der Waals surface area contributed by atoms with Crippen LogP contribution in [0, 0.1) is 0 Å². The molecule has 0 heterocycles. The number of methoxy groups -OCH3 is 4. The summed E-state index contributed by atoms with van der Waals surface area (Å²) in [7, 11) is 5.61. The molecule has 0 fully saturated rings. The maximum absolute atomic E-state index is 12.0. The molecule has 0 radical (unpaired) electrons. The highest BCUT2D eigenvalue weighted by Gasteiger charge is 2.16. The Balaban J connectivity index is 1.51. The molecule has 224 valence electrons. The Morgan fingerprint density at radius 1 is 0.488 bits per heavy atom. The SMILES string of the molecule is COc1cc(OC)cc(C(=O)OOOC(=O)OCCCCCOC(=O)OOOC(=O)c2cc(OC)cc(OC)c2)c1. The molecular formula is C25H28O16. The Kier molecular flexibility index (Phi) is 13.8. The molecule has 0 aliphatic rings. The number of carbonyl (C=O) groups excluding carboxylic acids is 4. The standard InChI is InChI=1S/C25H28O16/c1-30-18-10-16(11-19(14-18)31-2)22(26)36-40-38-24(28)34-8-6-5-7-9-35-25(29)39-41-37-23(27)17-12-20(32-3)15-21(13-17)33-4/h10-15H,5-9H2,1-4H3. The van der Waals surface area contributed by atoms with Crippen LogP contribution >= 0.6 is 0 Å². The van der Waals surface area contributed by atoms with Gasteiger partial charge in [0.05, 0.1) is 62.9 Å². The molecule has 0 aliphatic heterocycles. The summed E-state index contributed by atoms with van der Waals surface area (Å²) >= 11 is 0. The molecule has 0 amide bonds. The number of rotatable bonds is 16. The fraction of sp³-hybridized carbons (Fsp3) is 0.360. The molecule has 16 nitrogen and oxygen atoms in total. The highest BCUT2D eigenvalue weighted by molar-refractivity contribution is 5.90. The van der Waals surface area contributed by atoms with E-state index in [1.54, 1.807) is 12.1 Å². The summed E-state index contributed by atoms with van der Waals surface area (Å²) in [5.74, 6) is -0.621. The normalized spacial score (nSPS) is 10.0. The predicted octanol–water partition coefficient (Wildman–Crippen LogP) is 3.90. The van der Waals surface area contributed by atoms with Crippen LogP contribution in [0.1, 0.15) is 40.0 Å². The number of hydrogen-bond acceptors (Lipinski definition) is 16. The first-order valence-corrected chi connectivity index (χ1v) is 11.7. The lowest BCUT2D eigenvalue weighted by molar-refractivity contribution is -0.452. The third kappa shape index (κ3) is 11.8. The van der Waals surface area contributed by atoms with Crippen LogP contribution in [0.4, 0.5) is 9.59 Å². The van der Waals surface area contributed by atoms with Crippen molar-refractivity contribution in [2.45, 2.75) is 19.3 Å². The van der Waals surface area contributed by atoms with Gasteiger partial charge in [0, 0.05) is 12.1 Å². The molecule has 2 rings (SSSR count). The van der Waals surface area contributed by atoms with Gasteiger partial charge in [0.2, 0.25) is 0 Å². The summed E-state index contributed by atoms with van der Waals surface area (Å²) in [6, 6.07) is 8.53. The highest BCUT2D eigenvalue weighted by atomic mass is 17.5. The number of unbranched alkanes of at least 4 members (excludes halogenated alkanes) is 2. The summed E-state index contributed by atoms with van der Waals surface area (Å²) in [5.41, 5.74) is 0.0391. The van der Waals surface area contributed by atoms with Crippen molar-refractivity contribution < 1.29 is 77.2 Å². The Morgan fingerprint density at radius 2 is 0.829 bits per heavy atom. The second-order valence-electron chi connectivity index (χ2n) is 7.50. The van der Waals surface area contributed by atoms with Crippen LogP contribution < -0.4 is 18.9 Å². The maximum Gasteiger partial charge on any atom is 0.543 e. The van der Waals surface area contributed by atoms with Crippen molar-refractivity contribution >= 4 is 24.2 Å². The van der Waals surface area contributed by atoms with E-state index in [1.165, 1.54) is 52.7 Å². The zero-order valence-corrected chi connectivity index (χ0v) is 22.5. The smallest absolute Gasteiger partial charge is 0.497 e. The summed E-state index contributed by atoms with van der Waals surface area (Å²) in [5, 5.41) is 8.28. The molecule has 16 heteroatoms. The van der Waals surface area contributed by atoms with E-state index in [1.807, 2.05) is 0 Å². The molecule has 2 aromatic rings. The van der Waals surface area contributed by atoms with Crippen molar-refractivity contribution in [3.05, 3.63) is 47.5 Å². The van der Waals surface area contributed by atoms with Crippen LogP contribution in [0.15, 0.2) is 36.4 Å². The van der Waals surface area contributed by atoms with E-state index in [2.05, 4.69) is 29.6 Å². The second kappa shape index (κ2) is 17.6. The van der Waals surface area contributed by atoms with Gasteiger partial charge in [0.1, 0.15) is 23.0 Å². The molecule has 0 spiro atoms. The van der Waals surface area contributed by atoms with E-state index in [4.69, 9.17) is 28.4 Å². The monoisotopic (exact) mass is 584 g/mol. The molecule has 0 N–H and O–H groups in total. The van der Waals surface area contributed by atoms with Gasteiger partial charge in [-0.15, -0.1) is 0 Å². The predicted molar refractivity (Wildman–Crippen MR) is 131 cm³/mol. The lowest BCUT2D eigenvalue weighted by Crippen LogP contribution is -2.13. The fourth-order valence-electron chi connectivity index (χ4n) is 2.84. The zero-order chi connectivity index (χ0) is 30.0. The van der Waals surface area contributed by atoms with Gasteiger partial charge >= 0.3 is 24.2 Å². The van der Waals surface area contributed by atoms with Crippen molar-refractivity contribution in [1.29, 1.82) is 0 Å². The van der Waals surface area contributed by atoms with E-state index < -0.39 is 24.2 Å². The van der Waals surface area contributed by atoms with Crippen molar-refractivity contribution in [3.63, 3.8) is 0 Å². The molecule has 0 unspecified atom stereocenters. The summed E-state index contributed by atoms with van der Waals surface area (Å²) in [6.07, 6.45) is -1.29. The van der Waals surface area contributed by atoms with Gasteiger partial charge in [0.15, 0.2) is 0 Å². The average Bonchev–Trinajstić information content (AvgIpc) is 2.99. The molecule has 0 atom stereocenters. The van der Waals surface area contributed by atoms with Crippen LogP contribution in [0.3, 0.4) is 0 Å². The number of ether oxygens (including phenoxy) is 6. The van der Waals surface area contributed by atoms with Gasteiger partial charge in [0.25, 0.3) is 0 Å². The fourth-order valence-corrected chi connectivity index (χ4v) is 2.84. The van der Waals surface area contributed by atoms with Crippen LogP contribution in [0.2, 0.25) is 0 Å². The Hall–Kier alpha value is -4.96. The van der Waals surface area contributed by atoms with Gasteiger partial charge in [-0.1, -0.05) is 0 Å². The largest absolute Gasteiger partial charge is 0.543 e. The van der Waals surface area contributed by atoms with Crippen LogP contribution in [0.25, 0.3) is 0 Å². The van der Waals surface area contributed by atoms with Crippen LogP contribution in [0.5, 0.6) is 23.0 Å². The molecular weight excluding hydrogens is 556 g/mol. The first kappa shape index (κ1) is 32.3. The van der Waals surface area contributed by atoms with E-state index in [0.29, 0.717) is 42.3 Å². The quantitative estimate of drug-likeness (QED) is 0.120. The minimum absolute atomic E-state index is 0.0196. The Morgan fingerprint density at radius 3 is 1.15 bits per heavy atom. The van der Waals surface area contributed by atoms with Crippen LogP contribution in [-0.2, 0) is 39.1 Å². The molecule has 41 heavy (non-hydrogen) atoms. The topological polar surface area (TPSA) is 179 Å². The number of hydrogen-bond donors (Lipinski definition) is 0. The Labute approximate surface area is 233 Å². The summed E-state index contributed by atoms with van der Waals surface area (Å²) < 4.78 is 29.6. The van der Waals surface area contributed by atoms with Crippen molar-refractivity contribution in [1.82, 2.24) is 0 Å². The first-order chi connectivity index (χ1) is 19.8. The number of carbonyl (C=O) groups is 4. The van der Waals surface area contributed by atoms with Crippen molar-refractivity contribution in [2.75, 3.05) is 41.7 Å². The molecule has 0 bridgehead atoms. The second-order valence-corrected chi connectivity index (χ2v) is 7.50. The highest BCUT2D eigenvalue weighted by Crippen LogP contribution is 2.24. The van der Waals surface area contributed by atoms with Crippen LogP contribution in [-0.4, -0.2) is 65.9 Å². The van der Waals surface area contributed by atoms with E-state index in [0.717, 1.165) is 0 Å². The van der Waals surface area contributed by atoms with Gasteiger partial charge < -0.3 is 28.4 Å². The first-order valence-electron chi connectivity index (χ1n) is 11.7. The minimum Gasteiger partial charge on any atom is -0.497 e. The van der Waals surface area contributed by atoms with E-state index in [-0.39, 0.29) is 24.3 Å². The lowest BCUT2D eigenvalue weighted by Gasteiger charge is -2.08. The van der Waals surface area contributed by atoms with E-state index in [9.17, 15) is 19.2 Å². The van der Waals surface area contributed by atoms with Gasteiger partial charge in [-0.2, -0.15) is 0 Å². The molecule has 2 aromatic carbocycles. The van der Waals surface area contributed by atoms with Gasteiger partial charge in [-0.25, -0.2) is 29.0 Å². The third-order valence-corrected chi connectivity index (χ3v) is 4.83. The van der Waals surface area contributed by atoms with Crippen molar-refractivity contribution in [3.8, 4) is 23.0 Å². The molecule has 0 saturated carbocycles. The summed E-state index contributed by atoms with van der Waals surface area (Å²) in [4.78, 5) is 64.1. The molecule has 0 saturated heterocycles. The number of benzene rings is 2. The average molecular weight is 584 g/mol. The van der Waals surface area contributed by atoms with E-state index >= 15 is 0 Å². The summed E-state index contributed by atoms with van der Waals surface area (Å²) in [6.45, 7) is -0.135. The minimum atomic E-state index is -1.25. The molecule has 0 aliphatic carbocycles. The van der Waals surface area contributed by atoms with Crippen molar-refractivity contribution in [2.24, 2.45) is 0 Å². The van der Waals surface area contributed by atoms with Gasteiger partial charge in [-0.3, -0.25) is 9.78 Å². The Bertz CT molecular complexity index is 1030. The lowest BCUT2D eigenvalue weighted by atomic mass is 10.2. The zero-order valence-electron chi connectivity index (χ0n) is 22.5. The maximum atomic E-state index is 12.0. The van der Waals surface area contributed by atoms with Gasteiger partial charge in [-0.05, 0) is 43.5 Å².